The molecule has 1 amide bonds. The smallest absolute Gasteiger partial charge is 0.407 e. The van der Waals surface area contributed by atoms with E-state index >= 15 is 0 Å². The van der Waals surface area contributed by atoms with E-state index < -0.39 is 18.1 Å². The minimum Gasteiger partial charge on any atom is -0.447 e. The monoisotopic (exact) mass is 405 g/mol. The summed E-state index contributed by atoms with van der Waals surface area (Å²) in [6, 6.07) is 13.2. The molecule has 2 heterocycles. The number of Topliss-reactive ketones (excluding diaryl/α,β-unsaturated/α-hetero) is 1. The molecule has 0 bridgehead atoms. The van der Waals surface area contributed by atoms with Gasteiger partial charge in [0, 0.05) is 29.2 Å². The Balaban J connectivity index is 1.76. The maximum atomic E-state index is 13.6. The van der Waals surface area contributed by atoms with Crippen LogP contribution in [0.2, 0.25) is 0 Å². The molecule has 2 unspecified atom stereocenters. The van der Waals surface area contributed by atoms with Gasteiger partial charge in [-0.1, -0.05) is 30.3 Å². The van der Waals surface area contributed by atoms with Crippen LogP contribution in [-0.2, 0) is 11.2 Å². The number of amides is 1. The highest BCUT2D eigenvalue weighted by Crippen LogP contribution is 2.31. The first-order valence-electron chi connectivity index (χ1n) is 10.2. The number of alkyl carbamates (subject to hydrolysis) is 1. The van der Waals surface area contributed by atoms with Gasteiger partial charge in [-0.25, -0.2) is 4.79 Å². The van der Waals surface area contributed by atoms with E-state index in [9.17, 15) is 9.59 Å². The number of nitrogens with one attached hydrogen (secondary N) is 2. The summed E-state index contributed by atoms with van der Waals surface area (Å²) in [5.74, 6) is -0.521. The summed E-state index contributed by atoms with van der Waals surface area (Å²) in [6.45, 7) is 3.05. The van der Waals surface area contributed by atoms with E-state index in [0.717, 1.165) is 35.0 Å². The van der Waals surface area contributed by atoms with Crippen LogP contribution in [0, 0.1) is 6.92 Å². The second kappa shape index (κ2) is 8.32. The molecule has 2 aromatic carbocycles. The molecule has 1 fully saturated rings. The third-order valence-corrected chi connectivity index (χ3v) is 5.77. The fraction of sp³-hybridized carbons (Fsp3) is 0.333. The maximum Gasteiger partial charge on any atom is 0.407 e. The van der Waals surface area contributed by atoms with Gasteiger partial charge in [-0.2, -0.15) is 0 Å². The van der Waals surface area contributed by atoms with Crippen LogP contribution in [0.25, 0.3) is 10.9 Å². The summed E-state index contributed by atoms with van der Waals surface area (Å²) in [7, 11) is 4.11. The van der Waals surface area contributed by atoms with E-state index in [2.05, 4.69) is 35.4 Å². The van der Waals surface area contributed by atoms with E-state index in [1.165, 1.54) is 5.56 Å². The van der Waals surface area contributed by atoms with Crippen LogP contribution >= 0.6 is 0 Å². The largest absolute Gasteiger partial charge is 0.447 e. The molecule has 6 nitrogen and oxygen atoms in total. The first kappa shape index (κ1) is 20.2. The Kier molecular flexibility index (Phi) is 5.59. The molecule has 4 rings (SSSR count). The van der Waals surface area contributed by atoms with Gasteiger partial charge in [-0.3, -0.25) is 4.79 Å². The first-order valence-corrected chi connectivity index (χ1v) is 10.2. The van der Waals surface area contributed by atoms with Crippen molar-refractivity contribution < 1.29 is 14.3 Å². The van der Waals surface area contributed by atoms with Gasteiger partial charge in [0.25, 0.3) is 0 Å². The summed E-state index contributed by atoms with van der Waals surface area (Å²) in [6.07, 6.45) is 2.48. The molecule has 0 saturated carbocycles. The molecule has 1 aliphatic heterocycles. The number of carbonyl (C=O) groups is 2. The van der Waals surface area contributed by atoms with Crippen molar-refractivity contribution in [2.75, 3.05) is 27.2 Å². The number of likely N-dealkylation sites (N-methyl/N-ethyl adjacent to an activating group) is 1. The fourth-order valence-electron chi connectivity index (χ4n) is 4.10. The van der Waals surface area contributed by atoms with Crippen LogP contribution in [-0.4, -0.2) is 55.0 Å². The van der Waals surface area contributed by atoms with E-state index in [0.29, 0.717) is 5.56 Å². The van der Waals surface area contributed by atoms with Crippen molar-refractivity contribution >= 4 is 22.8 Å². The predicted octanol–water partition coefficient (Wildman–Crippen LogP) is 3.66. The second-order valence-corrected chi connectivity index (χ2v) is 8.18. The van der Waals surface area contributed by atoms with Crippen molar-refractivity contribution in [3.05, 3.63) is 70.9 Å². The number of ketones is 1. The molecule has 1 aromatic heterocycles. The van der Waals surface area contributed by atoms with Gasteiger partial charge in [0.15, 0.2) is 5.78 Å². The summed E-state index contributed by atoms with van der Waals surface area (Å²) in [4.78, 5) is 30.8. The minimum atomic E-state index is -0.515. The zero-order chi connectivity index (χ0) is 21.3. The molecule has 0 aliphatic carbocycles. The lowest BCUT2D eigenvalue weighted by Crippen LogP contribution is -2.37. The molecule has 1 saturated heterocycles. The number of hydrogen-bond acceptors (Lipinski definition) is 4. The van der Waals surface area contributed by atoms with Crippen LogP contribution in [0.4, 0.5) is 4.79 Å². The number of carbonyl (C=O) groups excluding carboxylic acids is 2. The van der Waals surface area contributed by atoms with E-state index in [1.807, 2.05) is 49.5 Å². The van der Waals surface area contributed by atoms with Crippen LogP contribution in [0.1, 0.15) is 33.0 Å². The van der Waals surface area contributed by atoms with E-state index in [4.69, 9.17) is 4.74 Å². The van der Waals surface area contributed by atoms with Gasteiger partial charge < -0.3 is 19.9 Å². The fourth-order valence-corrected chi connectivity index (χ4v) is 4.10. The lowest BCUT2D eigenvalue weighted by atomic mass is 9.83. The molecule has 1 aliphatic rings. The molecule has 2 N–H and O–H groups in total. The van der Waals surface area contributed by atoms with Crippen LogP contribution < -0.4 is 5.32 Å². The van der Waals surface area contributed by atoms with E-state index in [1.54, 1.807) is 0 Å². The highest BCUT2D eigenvalue weighted by atomic mass is 16.6. The minimum absolute atomic E-state index is 0.00590. The number of H-pyrrole nitrogens is 1. The van der Waals surface area contributed by atoms with Gasteiger partial charge >= 0.3 is 6.09 Å². The SMILES string of the molecule is Cc1ccccc1C(=O)C(c1ccc2[nH]cc(CCN(C)C)c2c1)C1COC(=O)N1. The number of aromatic nitrogens is 1. The highest BCUT2D eigenvalue weighted by molar-refractivity contribution is 6.03. The number of fused-ring (bicyclic) bond motifs is 1. The topological polar surface area (TPSA) is 74.4 Å². The molecular formula is C24H27N3O3. The standard InChI is InChI=1S/C24H27N3O3/c1-15-6-4-5-7-18(15)23(28)22(21-14-30-24(29)26-21)16-8-9-20-19(12-16)17(13-25-20)10-11-27(2)3/h4-9,12-13,21-22,25H,10-11,14H2,1-3H3,(H,26,29). The van der Waals surface area contributed by atoms with E-state index in [-0.39, 0.29) is 12.4 Å². The Labute approximate surface area is 176 Å². The molecule has 3 aromatic rings. The maximum absolute atomic E-state index is 13.6. The molecule has 2 atom stereocenters. The average molecular weight is 405 g/mol. The summed E-state index contributed by atoms with van der Waals surface area (Å²) >= 11 is 0. The Hall–Kier alpha value is -3.12. The van der Waals surface area contributed by atoms with Crippen molar-refractivity contribution in [2.45, 2.75) is 25.3 Å². The number of ether oxygens (including phenoxy) is 1. The highest BCUT2D eigenvalue weighted by Gasteiger charge is 2.37. The number of cyclic esters (lactones) is 1. The molecule has 156 valence electrons. The Morgan fingerprint density at radius 2 is 2.03 bits per heavy atom. The van der Waals surface area contributed by atoms with Crippen molar-refractivity contribution in [3.8, 4) is 0 Å². The van der Waals surface area contributed by atoms with Crippen molar-refractivity contribution in [2.24, 2.45) is 0 Å². The van der Waals surface area contributed by atoms with Crippen LogP contribution in [0.15, 0.2) is 48.7 Å². The van der Waals surface area contributed by atoms with Gasteiger partial charge in [-0.05, 0) is 56.3 Å². The quantitative estimate of drug-likeness (QED) is 0.589. The first-order chi connectivity index (χ1) is 14.4. The van der Waals surface area contributed by atoms with Crippen molar-refractivity contribution in [1.82, 2.24) is 15.2 Å². The molecule has 0 spiro atoms. The number of aromatic amines is 1. The Morgan fingerprint density at radius 1 is 1.23 bits per heavy atom. The normalized spacial score (nSPS) is 17.2. The molecule has 30 heavy (non-hydrogen) atoms. The van der Waals surface area contributed by atoms with Gasteiger partial charge in [0.05, 0.1) is 12.0 Å². The molecule has 6 heteroatoms. The third kappa shape index (κ3) is 3.96. The third-order valence-electron chi connectivity index (χ3n) is 5.77. The van der Waals surface area contributed by atoms with Gasteiger partial charge in [0.1, 0.15) is 6.61 Å². The number of hydrogen-bond donors (Lipinski definition) is 2. The van der Waals surface area contributed by atoms with Crippen molar-refractivity contribution in [3.63, 3.8) is 0 Å². The average Bonchev–Trinajstić information content (AvgIpc) is 3.32. The lowest BCUT2D eigenvalue weighted by molar-refractivity contribution is 0.0938. The number of nitrogens with zero attached hydrogens (tertiary/aromatic N) is 1. The van der Waals surface area contributed by atoms with Crippen LogP contribution in [0.3, 0.4) is 0 Å². The second-order valence-electron chi connectivity index (χ2n) is 8.18. The van der Waals surface area contributed by atoms with Gasteiger partial charge in [-0.15, -0.1) is 0 Å². The summed E-state index contributed by atoms with van der Waals surface area (Å²) < 4.78 is 5.13. The number of rotatable bonds is 7. The summed E-state index contributed by atoms with van der Waals surface area (Å²) in [5, 5.41) is 3.94. The molecular weight excluding hydrogens is 378 g/mol. The number of aryl methyl sites for hydroxylation is 1. The predicted molar refractivity (Wildman–Crippen MR) is 117 cm³/mol. The zero-order valence-corrected chi connectivity index (χ0v) is 17.6. The Morgan fingerprint density at radius 3 is 2.73 bits per heavy atom. The zero-order valence-electron chi connectivity index (χ0n) is 17.6. The van der Waals surface area contributed by atoms with Gasteiger partial charge in [0.2, 0.25) is 0 Å². The Bertz CT molecular complexity index is 1090. The lowest BCUT2D eigenvalue weighted by Gasteiger charge is -2.22. The van der Waals surface area contributed by atoms with Crippen molar-refractivity contribution in [1.29, 1.82) is 0 Å². The number of benzene rings is 2. The summed E-state index contributed by atoms with van der Waals surface area (Å²) in [5.41, 5.74) is 4.74. The molecule has 0 radical (unpaired) electrons. The van der Waals surface area contributed by atoms with Crippen LogP contribution in [0.5, 0.6) is 0 Å².